The number of aromatic hydroxyl groups is 1. The molecular weight excluding hydrogens is 152 g/mol. The van der Waals surface area contributed by atoms with E-state index >= 15 is 0 Å². The predicted octanol–water partition coefficient (Wildman–Crippen LogP) is 1.97. The number of rotatable bonds is 0. The van der Waals surface area contributed by atoms with E-state index < -0.39 is 0 Å². The molecule has 0 bridgehead atoms. The normalized spacial score (nSPS) is 8.50. The largest absolute Gasteiger partial charge is 0.508 e. The molecule has 1 rings (SSSR count). The summed E-state index contributed by atoms with van der Waals surface area (Å²) in [6, 6.07) is 4.46. The zero-order chi connectivity index (χ0) is 9.56. The van der Waals surface area contributed by atoms with E-state index in [9.17, 15) is 0 Å². The molecule has 0 fully saturated rings. The van der Waals surface area contributed by atoms with Gasteiger partial charge in [-0.05, 0) is 12.1 Å². The lowest BCUT2D eigenvalue weighted by Gasteiger charge is -1.97. The van der Waals surface area contributed by atoms with E-state index in [1.165, 1.54) is 18.6 Å². The molecule has 68 valence electrons. The first-order chi connectivity index (χ1) is 5.61. The quantitative estimate of drug-likeness (QED) is 0.409. The van der Waals surface area contributed by atoms with Crippen molar-refractivity contribution in [1.29, 1.82) is 0 Å². The third-order valence-electron chi connectivity index (χ3n) is 1.07. The van der Waals surface area contributed by atoms with Gasteiger partial charge in [0, 0.05) is 6.07 Å². The van der Waals surface area contributed by atoms with Crippen LogP contribution in [0, 0.1) is 0 Å². The van der Waals surface area contributed by atoms with E-state index in [2.05, 4.69) is 13.8 Å². The van der Waals surface area contributed by atoms with Crippen LogP contribution in [-0.4, -0.2) is 5.11 Å². The number of phenolic OH excluding ortho intramolecular Hbond substituents is 1. The predicted molar refractivity (Wildman–Crippen MR) is 52.9 cm³/mol. The Balaban J connectivity index is 0.000000354. The molecule has 0 radical (unpaired) electrons. The van der Waals surface area contributed by atoms with Crippen LogP contribution in [0.3, 0.4) is 0 Å². The van der Waals surface area contributed by atoms with Crippen molar-refractivity contribution < 1.29 is 5.11 Å². The molecule has 3 nitrogen and oxygen atoms in total. The minimum Gasteiger partial charge on any atom is -0.508 e. The highest BCUT2D eigenvalue weighted by molar-refractivity contribution is 5.64. The lowest BCUT2D eigenvalue weighted by atomic mass is 10.3. The van der Waals surface area contributed by atoms with Crippen LogP contribution < -0.4 is 11.5 Å². The molecule has 5 N–H and O–H groups in total. The fourth-order valence-electron chi connectivity index (χ4n) is 0.562. The second kappa shape index (κ2) is 5.29. The monoisotopic (exact) mass is 168 g/mol. The fraction of sp³-hybridized carbons (Fsp3) is 0.333. The van der Waals surface area contributed by atoms with Gasteiger partial charge in [0.25, 0.3) is 0 Å². The summed E-state index contributed by atoms with van der Waals surface area (Å²) in [4.78, 5) is 0. The van der Waals surface area contributed by atoms with Gasteiger partial charge in [0.2, 0.25) is 0 Å². The van der Waals surface area contributed by atoms with E-state index in [0.717, 1.165) is 0 Å². The molecule has 0 atom stereocenters. The molecule has 0 saturated carbocycles. The number of benzene rings is 1. The maximum atomic E-state index is 8.80. The van der Waals surface area contributed by atoms with Crippen LogP contribution in [0.2, 0.25) is 0 Å². The molecule has 0 aliphatic rings. The summed E-state index contributed by atoms with van der Waals surface area (Å²) >= 11 is 0. The molecule has 1 aromatic carbocycles. The molecule has 0 aliphatic carbocycles. The van der Waals surface area contributed by atoms with Crippen LogP contribution in [0.25, 0.3) is 0 Å². The first-order valence-electron chi connectivity index (χ1n) is 3.95. The van der Waals surface area contributed by atoms with E-state index in [1.54, 1.807) is 6.07 Å². The highest BCUT2D eigenvalue weighted by atomic mass is 16.3. The first-order valence-corrected chi connectivity index (χ1v) is 3.95. The average Bonchev–Trinajstić information content (AvgIpc) is 1.99. The van der Waals surface area contributed by atoms with Gasteiger partial charge in [-0.3, -0.25) is 0 Å². The lowest BCUT2D eigenvalue weighted by molar-refractivity contribution is 0.476. The second-order valence-electron chi connectivity index (χ2n) is 2.52. The Labute approximate surface area is 73.0 Å². The minimum absolute atomic E-state index is 0.140. The Morgan fingerprint density at radius 3 is 2.00 bits per heavy atom. The fourth-order valence-corrected chi connectivity index (χ4v) is 0.562. The maximum Gasteiger partial charge on any atom is 0.117 e. The Bertz CT molecular complexity index is 236. The van der Waals surface area contributed by atoms with Crippen molar-refractivity contribution in [3.8, 4) is 5.75 Å². The standard InChI is InChI=1S/C6H8N2O.C3H8/c7-5-2-1-4(9)3-6(5)8;1-3-2/h1-3,9H,7-8H2;3H2,1-2H3. The summed E-state index contributed by atoms with van der Waals surface area (Å²) in [5.74, 6) is 0.140. The number of hydrogen-bond acceptors (Lipinski definition) is 3. The van der Waals surface area contributed by atoms with Crippen molar-refractivity contribution >= 4 is 11.4 Å². The van der Waals surface area contributed by atoms with Gasteiger partial charge >= 0.3 is 0 Å². The highest BCUT2D eigenvalue weighted by Gasteiger charge is 1.92. The van der Waals surface area contributed by atoms with E-state index in [4.69, 9.17) is 16.6 Å². The van der Waals surface area contributed by atoms with Crippen molar-refractivity contribution in [1.82, 2.24) is 0 Å². The lowest BCUT2D eigenvalue weighted by Crippen LogP contribution is -1.92. The third-order valence-corrected chi connectivity index (χ3v) is 1.07. The third kappa shape index (κ3) is 3.71. The molecule has 0 saturated heterocycles. The minimum atomic E-state index is 0.140. The number of anilines is 2. The maximum absolute atomic E-state index is 8.80. The SMILES string of the molecule is CCC.Nc1ccc(O)cc1N. The molecule has 0 aliphatic heterocycles. The Morgan fingerprint density at radius 1 is 1.17 bits per heavy atom. The van der Waals surface area contributed by atoms with Gasteiger partial charge < -0.3 is 16.6 Å². The molecule has 0 amide bonds. The van der Waals surface area contributed by atoms with Crippen LogP contribution in [0.1, 0.15) is 20.3 Å². The summed E-state index contributed by atoms with van der Waals surface area (Å²) < 4.78 is 0. The Hall–Kier alpha value is -1.38. The first kappa shape index (κ1) is 10.6. The molecule has 0 aromatic heterocycles. The van der Waals surface area contributed by atoms with Crippen molar-refractivity contribution in [3.63, 3.8) is 0 Å². The average molecular weight is 168 g/mol. The van der Waals surface area contributed by atoms with Crippen LogP contribution >= 0.6 is 0 Å². The van der Waals surface area contributed by atoms with Crippen LogP contribution in [0.15, 0.2) is 18.2 Å². The summed E-state index contributed by atoms with van der Waals surface area (Å²) in [6.45, 7) is 4.25. The number of nitrogens with two attached hydrogens (primary N) is 2. The van der Waals surface area contributed by atoms with Gasteiger partial charge in [0.15, 0.2) is 0 Å². The zero-order valence-electron chi connectivity index (χ0n) is 7.54. The van der Waals surface area contributed by atoms with Crippen molar-refractivity contribution in [2.75, 3.05) is 11.5 Å². The smallest absolute Gasteiger partial charge is 0.117 e. The van der Waals surface area contributed by atoms with Crippen molar-refractivity contribution in [2.24, 2.45) is 0 Å². The van der Waals surface area contributed by atoms with Gasteiger partial charge in [0.05, 0.1) is 11.4 Å². The molecule has 0 heterocycles. The molecule has 3 heteroatoms. The van der Waals surface area contributed by atoms with E-state index in [0.29, 0.717) is 11.4 Å². The summed E-state index contributed by atoms with van der Waals surface area (Å²) in [6.07, 6.45) is 1.25. The van der Waals surface area contributed by atoms with Gasteiger partial charge in [-0.1, -0.05) is 20.3 Å². The van der Waals surface area contributed by atoms with Crippen molar-refractivity contribution in [2.45, 2.75) is 20.3 Å². The molecule has 12 heavy (non-hydrogen) atoms. The highest BCUT2D eigenvalue weighted by Crippen LogP contribution is 2.19. The summed E-state index contributed by atoms with van der Waals surface area (Å²) in [5.41, 5.74) is 11.6. The van der Waals surface area contributed by atoms with E-state index in [-0.39, 0.29) is 5.75 Å². The summed E-state index contributed by atoms with van der Waals surface area (Å²) in [7, 11) is 0. The Morgan fingerprint density at radius 2 is 1.67 bits per heavy atom. The van der Waals surface area contributed by atoms with Crippen LogP contribution in [0.5, 0.6) is 5.75 Å². The zero-order valence-corrected chi connectivity index (χ0v) is 7.54. The van der Waals surface area contributed by atoms with Crippen LogP contribution in [-0.2, 0) is 0 Å². The van der Waals surface area contributed by atoms with Gasteiger partial charge in [-0.2, -0.15) is 0 Å². The number of hydrogen-bond donors (Lipinski definition) is 3. The van der Waals surface area contributed by atoms with Crippen molar-refractivity contribution in [3.05, 3.63) is 18.2 Å². The van der Waals surface area contributed by atoms with Gasteiger partial charge in [0.1, 0.15) is 5.75 Å². The van der Waals surface area contributed by atoms with Gasteiger partial charge in [-0.15, -0.1) is 0 Å². The summed E-state index contributed by atoms with van der Waals surface area (Å²) in [5, 5.41) is 8.80. The van der Waals surface area contributed by atoms with Gasteiger partial charge in [-0.25, -0.2) is 0 Å². The number of phenols is 1. The number of nitrogen functional groups attached to an aromatic ring is 2. The topological polar surface area (TPSA) is 72.3 Å². The van der Waals surface area contributed by atoms with E-state index in [1.807, 2.05) is 0 Å². The molecule has 0 unspecified atom stereocenters. The molecule has 1 aromatic rings. The molecule has 0 spiro atoms. The Kier molecular flexibility index (Phi) is 4.69. The second-order valence-corrected chi connectivity index (χ2v) is 2.52. The van der Waals surface area contributed by atoms with Crippen LogP contribution in [0.4, 0.5) is 11.4 Å². The molecular formula is C9H16N2O.